The highest BCUT2D eigenvalue weighted by molar-refractivity contribution is 6.46. The van der Waals surface area contributed by atoms with Gasteiger partial charge in [0.1, 0.15) is 5.76 Å². The van der Waals surface area contributed by atoms with Crippen molar-refractivity contribution in [2.24, 2.45) is 5.73 Å². The maximum Gasteiger partial charge on any atom is 0.295 e. The number of nitrogens with zero attached hydrogens (tertiary/aromatic N) is 2. The molecule has 0 saturated carbocycles. The van der Waals surface area contributed by atoms with E-state index >= 15 is 0 Å². The molecule has 8 nitrogen and oxygen atoms in total. The minimum absolute atomic E-state index is 0.0642. The Hall–Kier alpha value is -3.52. The average Bonchev–Trinajstić information content (AvgIpc) is 2.92. The van der Waals surface area contributed by atoms with Crippen LogP contribution in [-0.4, -0.2) is 39.2 Å². The topological polar surface area (TPSA) is 127 Å². The number of hydrogen-bond acceptors (Lipinski definition) is 6. The summed E-state index contributed by atoms with van der Waals surface area (Å²) in [5, 5.41) is 21.7. The van der Waals surface area contributed by atoms with Crippen LogP contribution in [0.5, 0.6) is 0 Å². The van der Waals surface area contributed by atoms with E-state index in [1.165, 1.54) is 29.2 Å². The van der Waals surface area contributed by atoms with Crippen molar-refractivity contribution in [3.63, 3.8) is 0 Å². The van der Waals surface area contributed by atoms with E-state index < -0.39 is 28.7 Å². The Kier molecular flexibility index (Phi) is 5.23. The van der Waals surface area contributed by atoms with Gasteiger partial charge in [-0.05, 0) is 24.6 Å². The molecule has 144 valence electrons. The van der Waals surface area contributed by atoms with Crippen molar-refractivity contribution in [3.05, 3.63) is 81.4 Å². The molecule has 28 heavy (non-hydrogen) atoms. The summed E-state index contributed by atoms with van der Waals surface area (Å²) in [7, 11) is 0. The fraction of sp³-hybridized carbons (Fsp3) is 0.200. The number of likely N-dealkylation sites (tertiary alicyclic amines) is 1. The molecule has 0 spiro atoms. The summed E-state index contributed by atoms with van der Waals surface area (Å²) in [4.78, 5) is 37.0. The molecule has 2 aromatic rings. The SMILES string of the molecule is C[C@H](N)CN1C(=O)C(=O)C(=C(O)c2ccccc2)[C@@H]1c1ccc([N+](=O)[O-])cc1. The second-order valence-electron chi connectivity index (χ2n) is 6.64. The van der Waals surface area contributed by atoms with Crippen molar-refractivity contribution in [1.29, 1.82) is 0 Å². The molecule has 1 saturated heterocycles. The van der Waals surface area contributed by atoms with Crippen LogP contribution in [0.2, 0.25) is 0 Å². The Bertz CT molecular complexity index is 952. The van der Waals surface area contributed by atoms with E-state index in [2.05, 4.69) is 0 Å². The molecule has 1 aliphatic rings. The van der Waals surface area contributed by atoms with E-state index in [-0.39, 0.29) is 23.6 Å². The van der Waals surface area contributed by atoms with Gasteiger partial charge in [0.05, 0.1) is 16.5 Å². The van der Waals surface area contributed by atoms with Crippen molar-refractivity contribution in [2.45, 2.75) is 19.0 Å². The zero-order valence-electron chi connectivity index (χ0n) is 15.1. The Morgan fingerprint density at radius 2 is 1.79 bits per heavy atom. The molecule has 8 heteroatoms. The van der Waals surface area contributed by atoms with Crippen molar-refractivity contribution in [3.8, 4) is 0 Å². The fourth-order valence-electron chi connectivity index (χ4n) is 3.25. The Morgan fingerprint density at radius 1 is 1.18 bits per heavy atom. The third-order valence-electron chi connectivity index (χ3n) is 4.49. The molecule has 0 bridgehead atoms. The summed E-state index contributed by atoms with van der Waals surface area (Å²) >= 11 is 0. The highest BCUT2D eigenvalue weighted by Crippen LogP contribution is 2.39. The van der Waals surface area contributed by atoms with Crippen molar-refractivity contribution < 1.29 is 19.6 Å². The summed E-state index contributed by atoms with van der Waals surface area (Å²) in [5.74, 6) is -1.88. The number of rotatable bonds is 5. The molecule has 0 aliphatic carbocycles. The number of benzene rings is 2. The number of ketones is 1. The number of aliphatic hydroxyl groups is 1. The van der Waals surface area contributed by atoms with Crippen molar-refractivity contribution in [1.82, 2.24) is 4.90 Å². The molecular formula is C20H19N3O5. The van der Waals surface area contributed by atoms with Crippen LogP contribution in [-0.2, 0) is 9.59 Å². The van der Waals surface area contributed by atoms with Crippen LogP contribution >= 0.6 is 0 Å². The third-order valence-corrected chi connectivity index (χ3v) is 4.49. The number of hydrogen-bond donors (Lipinski definition) is 2. The second kappa shape index (κ2) is 7.61. The molecule has 1 fully saturated rings. The number of amides is 1. The molecule has 0 unspecified atom stereocenters. The van der Waals surface area contributed by atoms with Crippen molar-refractivity contribution in [2.75, 3.05) is 6.54 Å². The molecule has 1 aliphatic heterocycles. The van der Waals surface area contributed by atoms with Gasteiger partial charge in [-0.15, -0.1) is 0 Å². The number of Topliss-reactive ketones (excluding diaryl/α,β-unsaturated/α-hetero) is 1. The van der Waals surface area contributed by atoms with Gasteiger partial charge < -0.3 is 15.7 Å². The van der Waals surface area contributed by atoms with Gasteiger partial charge in [0.15, 0.2) is 0 Å². The van der Waals surface area contributed by atoms with Crippen LogP contribution in [0, 0.1) is 10.1 Å². The first kappa shape index (κ1) is 19.2. The number of carbonyl (C=O) groups excluding carboxylic acids is 2. The maximum absolute atomic E-state index is 12.7. The number of nitro groups is 1. The standard InChI is InChI=1S/C20H19N3O5/c1-12(21)11-22-17(13-7-9-15(10-8-13)23(27)28)16(19(25)20(22)26)18(24)14-5-3-2-4-6-14/h2-10,12,17,24H,11,21H2,1H3/t12-,17-/m0/s1. The highest BCUT2D eigenvalue weighted by Gasteiger charge is 2.46. The fourth-order valence-corrected chi connectivity index (χ4v) is 3.25. The van der Waals surface area contributed by atoms with Crippen LogP contribution in [0.3, 0.4) is 0 Å². The maximum atomic E-state index is 12.7. The van der Waals surface area contributed by atoms with Gasteiger partial charge in [-0.25, -0.2) is 0 Å². The van der Waals surface area contributed by atoms with E-state index in [1.807, 2.05) is 0 Å². The first-order chi connectivity index (χ1) is 13.3. The van der Waals surface area contributed by atoms with Crippen molar-refractivity contribution >= 4 is 23.1 Å². The summed E-state index contributed by atoms with van der Waals surface area (Å²) in [6.07, 6.45) is 0. The van der Waals surface area contributed by atoms with Crippen LogP contribution in [0.25, 0.3) is 5.76 Å². The molecule has 3 rings (SSSR count). The number of nitrogens with two attached hydrogens (primary N) is 1. The van der Waals surface area contributed by atoms with Crippen LogP contribution < -0.4 is 5.73 Å². The minimum Gasteiger partial charge on any atom is -0.507 e. The lowest BCUT2D eigenvalue weighted by molar-refractivity contribution is -0.384. The molecule has 2 atom stereocenters. The van der Waals surface area contributed by atoms with Gasteiger partial charge in [0.2, 0.25) is 0 Å². The number of carbonyl (C=O) groups is 2. The summed E-state index contributed by atoms with van der Waals surface area (Å²) in [6, 6.07) is 12.7. The lowest BCUT2D eigenvalue weighted by Gasteiger charge is -2.26. The van der Waals surface area contributed by atoms with Gasteiger partial charge in [0.25, 0.3) is 17.4 Å². The zero-order chi connectivity index (χ0) is 20.4. The molecule has 3 N–H and O–H groups in total. The lowest BCUT2D eigenvalue weighted by Crippen LogP contribution is -2.38. The predicted octanol–water partition coefficient (Wildman–Crippen LogP) is 2.36. The van der Waals surface area contributed by atoms with Gasteiger partial charge >= 0.3 is 0 Å². The number of nitro benzene ring substituents is 1. The molecule has 2 aromatic carbocycles. The largest absolute Gasteiger partial charge is 0.507 e. The second-order valence-corrected chi connectivity index (χ2v) is 6.64. The third kappa shape index (κ3) is 3.49. The Morgan fingerprint density at radius 3 is 2.32 bits per heavy atom. The number of aliphatic hydroxyl groups excluding tert-OH is 1. The van der Waals surface area contributed by atoms with E-state index in [0.29, 0.717) is 11.1 Å². The summed E-state index contributed by atoms with van der Waals surface area (Å²) < 4.78 is 0. The van der Waals surface area contributed by atoms with E-state index in [1.54, 1.807) is 37.3 Å². The molecule has 1 amide bonds. The smallest absolute Gasteiger partial charge is 0.295 e. The molecule has 0 radical (unpaired) electrons. The van der Waals surface area contributed by atoms with Crippen LogP contribution in [0.4, 0.5) is 5.69 Å². The quantitative estimate of drug-likeness (QED) is 0.269. The Balaban J connectivity index is 2.16. The minimum atomic E-state index is -0.882. The van der Waals surface area contributed by atoms with E-state index in [4.69, 9.17) is 5.73 Å². The van der Waals surface area contributed by atoms with E-state index in [9.17, 15) is 24.8 Å². The Labute approximate surface area is 161 Å². The predicted molar refractivity (Wildman–Crippen MR) is 102 cm³/mol. The monoisotopic (exact) mass is 381 g/mol. The average molecular weight is 381 g/mol. The molecule has 0 aromatic heterocycles. The molecule has 1 heterocycles. The lowest BCUT2D eigenvalue weighted by atomic mass is 9.95. The van der Waals surface area contributed by atoms with Gasteiger partial charge in [0, 0.05) is 30.3 Å². The van der Waals surface area contributed by atoms with Crippen LogP contribution in [0.1, 0.15) is 24.1 Å². The molecular weight excluding hydrogens is 362 g/mol. The van der Waals surface area contributed by atoms with Gasteiger partial charge in [-0.3, -0.25) is 19.7 Å². The summed E-state index contributed by atoms with van der Waals surface area (Å²) in [6.45, 7) is 1.79. The van der Waals surface area contributed by atoms with Crippen LogP contribution in [0.15, 0.2) is 60.2 Å². The highest BCUT2D eigenvalue weighted by atomic mass is 16.6. The number of non-ortho nitro benzene ring substituents is 1. The first-order valence-corrected chi connectivity index (χ1v) is 8.65. The van der Waals surface area contributed by atoms with Gasteiger partial charge in [-0.2, -0.15) is 0 Å². The normalized spacial score (nSPS) is 19.6. The van der Waals surface area contributed by atoms with E-state index in [0.717, 1.165) is 0 Å². The first-order valence-electron chi connectivity index (χ1n) is 8.65. The van der Waals surface area contributed by atoms with Gasteiger partial charge in [-0.1, -0.05) is 30.3 Å². The summed E-state index contributed by atoms with van der Waals surface area (Å²) in [5.41, 5.74) is 6.54. The zero-order valence-corrected chi connectivity index (χ0v) is 15.1.